The number of aromatic nitrogens is 2. The number of rotatable bonds is 4. The number of benzene rings is 1. The van der Waals surface area contributed by atoms with Crippen LogP contribution in [0, 0.1) is 0 Å². The fourth-order valence-electron chi connectivity index (χ4n) is 2.06. The maximum atomic E-state index is 11.8. The fraction of sp³-hybridized carbons (Fsp3) is 0.286. The van der Waals surface area contributed by atoms with E-state index in [1.54, 1.807) is 24.1 Å². The van der Waals surface area contributed by atoms with Crippen LogP contribution < -0.4 is 14.8 Å². The minimum atomic E-state index is -0.112. The zero-order valence-corrected chi connectivity index (χ0v) is 11.1. The zero-order valence-electron chi connectivity index (χ0n) is 11.1. The standard InChI is InChI=1S/C14H15N3O3/c1-17-8-11(7-16-17)14(18)15-5-4-10-2-3-12-13(6-10)20-9-19-12/h2-3,6-8H,4-5,9H2,1H3,(H,15,18). The number of hydrogen-bond acceptors (Lipinski definition) is 4. The van der Waals surface area contributed by atoms with Crippen molar-refractivity contribution in [3.05, 3.63) is 41.7 Å². The highest BCUT2D eigenvalue weighted by Crippen LogP contribution is 2.32. The molecule has 2 heterocycles. The molecule has 6 heteroatoms. The van der Waals surface area contributed by atoms with Gasteiger partial charge in [-0.15, -0.1) is 0 Å². The van der Waals surface area contributed by atoms with E-state index in [0.717, 1.165) is 23.5 Å². The molecule has 0 fully saturated rings. The van der Waals surface area contributed by atoms with Crippen LogP contribution in [0.15, 0.2) is 30.6 Å². The molecule has 0 spiro atoms. The number of aryl methyl sites for hydroxylation is 1. The van der Waals surface area contributed by atoms with Gasteiger partial charge in [-0.05, 0) is 24.1 Å². The quantitative estimate of drug-likeness (QED) is 0.906. The Hall–Kier alpha value is -2.50. The molecule has 0 radical (unpaired) electrons. The third-order valence-electron chi connectivity index (χ3n) is 3.10. The Balaban J connectivity index is 1.54. The Bertz CT molecular complexity index is 636. The van der Waals surface area contributed by atoms with Crippen molar-refractivity contribution >= 4 is 5.91 Å². The van der Waals surface area contributed by atoms with Gasteiger partial charge < -0.3 is 14.8 Å². The van der Waals surface area contributed by atoms with E-state index in [-0.39, 0.29) is 12.7 Å². The minimum Gasteiger partial charge on any atom is -0.454 e. The molecular formula is C14H15N3O3. The molecule has 0 saturated carbocycles. The second-order valence-electron chi connectivity index (χ2n) is 4.60. The van der Waals surface area contributed by atoms with Gasteiger partial charge >= 0.3 is 0 Å². The summed E-state index contributed by atoms with van der Waals surface area (Å²) in [6.07, 6.45) is 3.98. The van der Waals surface area contributed by atoms with Crippen LogP contribution in [-0.2, 0) is 13.5 Å². The molecule has 2 aromatic rings. The summed E-state index contributed by atoms with van der Waals surface area (Å²) in [5.74, 6) is 1.42. The van der Waals surface area contributed by atoms with E-state index >= 15 is 0 Å². The molecule has 1 amide bonds. The first kappa shape index (κ1) is 12.5. The number of nitrogens with one attached hydrogen (secondary N) is 1. The average Bonchev–Trinajstić information content (AvgIpc) is 3.06. The summed E-state index contributed by atoms with van der Waals surface area (Å²) in [6.45, 7) is 0.837. The van der Waals surface area contributed by atoms with Gasteiger partial charge in [-0.1, -0.05) is 6.07 Å². The van der Waals surface area contributed by atoms with Crippen molar-refractivity contribution < 1.29 is 14.3 Å². The number of carbonyl (C=O) groups excluding carboxylic acids is 1. The molecule has 0 bridgehead atoms. The summed E-state index contributed by atoms with van der Waals surface area (Å²) in [4.78, 5) is 11.8. The monoisotopic (exact) mass is 273 g/mol. The lowest BCUT2D eigenvalue weighted by molar-refractivity contribution is 0.0954. The second kappa shape index (κ2) is 5.24. The Morgan fingerprint density at radius 2 is 2.25 bits per heavy atom. The Morgan fingerprint density at radius 1 is 1.40 bits per heavy atom. The van der Waals surface area contributed by atoms with E-state index in [0.29, 0.717) is 12.1 Å². The van der Waals surface area contributed by atoms with E-state index in [4.69, 9.17) is 9.47 Å². The molecule has 6 nitrogen and oxygen atoms in total. The van der Waals surface area contributed by atoms with E-state index in [1.807, 2.05) is 18.2 Å². The normalized spacial score (nSPS) is 12.4. The Kier molecular flexibility index (Phi) is 3.28. The predicted molar refractivity (Wildman–Crippen MR) is 71.8 cm³/mol. The summed E-state index contributed by atoms with van der Waals surface area (Å²) in [6, 6.07) is 5.81. The molecule has 3 rings (SSSR count). The average molecular weight is 273 g/mol. The highest BCUT2D eigenvalue weighted by molar-refractivity contribution is 5.93. The van der Waals surface area contributed by atoms with E-state index in [9.17, 15) is 4.79 Å². The number of ether oxygens (including phenoxy) is 2. The molecule has 0 unspecified atom stereocenters. The van der Waals surface area contributed by atoms with Crippen molar-refractivity contribution in [2.24, 2.45) is 7.05 Å². The van der Waals surface area contributed by atoms with Crippen molar-refractivity contribution in [1.29, 1.82) is 0 Å². The van der Waals surface area contributed by atoms with Crippen LogP contribution in [0.25, 0.3) is 0 Å². The zero-order chi connectivity index (χ0) is 13.9. The lowest BCUT2D eigenvalue weighted by Gasteiger charge is -2.05. The molecule has 104 valence electrons. The molecule has 0 saturated heterocycles. The van der Waals surface area contributed by atoms with Gasteiger partial charge in [0.2, 0.25) is 6.79 Å². The number of hydrogen-bond donors (Lipinski definition) is 1. The third kappa shape index (κ3) is 2.59. The van der Waals surface area contributed by atoms with Crippen LogP contribution in [0.5, 0.6) is 11.5 Å². The lowest BCUT2D eigenvalue weighted by Crippen LogP contribution is -2.25. The van der Waals surface area contributed by atoms with Gasteiger partial charge in [0.25, 0.3) is 5.91 Å². The highest BCUT2D eigenvalue weighted by Gasteiger charge is 2.13. The first-order valence-electron chi connectivity index (χ1n) is 6.38. The highest BCUT2D eigenvalue weighted by atomic mass is 16.7. The molecule has 1 aliphatic heterocycles. The molecule has 0 aliphatic carbocycles. The molecule has 1 N–H and O–H groups in total. The van der Waals surface area contributed by atoms with Gasteiger partial charge in [0, 0.05) is 19.8 Å². The summed E-state index contributed by atoms with van der Waals surface area (Å²) in [5.41, 5.74) is 1.67. The Morgan fingerprint density at radius 3 is 3.05 bits per heavy atom. The Labute approximate surface area is 116 Å². The largest absolute Gasteiger partial charge is 0.454 e. The maximum absolute atomic E-state index is 11.8. The molecular weight excluding hydrogens is 258 g/mol. The predicted octanol–water partition coefficient (Wildman–Crippen LogP) is 1.12. The van der Waals surface area contributed by atoms with Crippen LogP contribution in [0.3, 0.4) is 0 Å². The third-order valence-corrected chi connectivity index (χ3v) is 3.10. The van der Waals surface area contributed by atoms with E-state index in [2.05, 4.69) is 10.4 Å². The summed E-state index contributed by atoms with van der Waals surface area (Å²) in [7, 11) is 1.78. The first-order chi connectivity index (χ1) is 9.72. The molecule has 1 aliphatic rings. The summed E-state index contributed by atoms with van der Waals surface area (Å²) >= 11 is 0. The molecule has 0 atom stereocenters. The van der Waals surface area contributed by atoms with Gasteiger partial charge in [0.1, 0.15) is 0 Å². The van der Waals surface area contributed by atoms with Gasteiger partial charge in [-0.25, -0.2) is 0 Å². The second-order valence-corrected chi connectivity index (χ2v) is 4.60. The lowest BCUT2D eigenvalue weighted by atomic mass is 10.1. The van der Waals surface area contributed by atoms with Crippen LogP contribution in [0.4, 0.5) is 0 Å². The summed E-state index contributed by atoms with van der Waals surface area (Å²) in [5, 5.41) is 6.83. The smallest absolute Gasteiger partial charge is 0.254 e. The van der Waals surface area contributed by atoms with Gasteiger partial charge in [-0.2, -0.15) is 5.10 Å². The van der Waals surface area contributed by atoms with Gasteiger partial charge in [-0.3, -0.25) is 9.48 Å². The number of carbonyl (C=O) groups is 1. The number of amides is 1. The van der Waals surface area contributed by atoms with E-state index < -0.39 is 0 Å². The van der Waals surface area contributed by atoms with Gasteiger partial charge in [0.05, 0.1) is 11.8 Å². The van der Waals surface area contributed by atoms with Crippen molar-refractivity contribution in [2.45, 2.75) is 6.42 Å². The van der Waals surface area contributed by atoms with Crippen molar-refractivity contribution in [3.8, 4) is 11.5 Å². The number of nitrogens with zero attached hydrogens (tertiary/aromatic N) is 2. The maximum Gasteiger partial charge on any atom is 0.254 e. The van der Waals surface area contributed by atoms with Crippen LogP contribution in [-0.4, -0.2) is 29.0 Å². The van der Waals surface area contributed by atoms with Crippen molar-refractivity contribution in [1.82, 2.24) is 15.1 Å². The van der Waals surface area contributed by atoms with Crippen LogP contribution >= 0.6 is 0 Å². The number of fused-ring (bicyclic) bond motifs is 1. The van der Waals surface area contributed by atoms with E-state index in [1.165, 1.54) is 0 Å². The summed E-state index contributed by atoms with van der Waals surface area (Å²) < 4.78 is 12.2. The van der Waals surface area contributed by atoms with Crippen LogP contribution in [0.1, 0.15) is 15.9 Å². The van der Waals surface area contributed by atoms with Crippen molar-refractivity contribution in [3.63, 3.8) is 0 Å². The fourth-order valence-corrected chi connectivity index (χ4v) is 2.06. The molecule has 20 heavy (non-hydrogen) atoms. The molecule has 1 aromatic carbocycles. The topological polar surface area (TPSA) is 65.4 Å². The van der Waals surface area contributed by atoms with Crippen molar-refractivity contribution in [2.75, 3.05) is 13.3 Å². The first-order valence-corrected chi connectivity index (χ1v) is 6.38. The SMILES string of the molecule is Cn1cc(C(=O)NCCc2ccc3c(c2)OCO3)cn1. The van der Waals surface area contributed by atoms with Gasteiger partial charge in [0.15, 0.2) is 11.5 Å². The molecule has 1 aromatic heterocycles. The van der Waals surface area contributed by atoms with Crippen LogP contribution in [0.2, 0.25) is 0 Å². The minimum absolute atomic E-state index is 0.112.